The summed E-state index contributed by atoms with van der Waals surface area (Å²) >= 11 is 5.55. The molecule has 1 rings (SSSR count). The van der Waals surface area contributed by atoms with Crippen LogP contribution in [0.25, 0.3) is 0 Å². The van der Waals surface area contributed by atoms with E-state index in [4.69, 9.17) is 16.3 Å². The molecule has 11 heteroatoms. The number of halogens is 5. The molecule has 1 aromatic rings. The fourth-order valence-electron chi connectivity index (χ4n) is 1.50. The maximum Gasteiger partial charge on any atom is 0.396 e. The van der Waals surface area contributed by atoms with Gasteiger partial charge in [-0.2, -0.15) is 13.2 Å². The van der Waals surface area contributed by atoms with E-state index in [2.05, 4.69) is 21.9 Å². The standard InChI is InChI=1S/C16H14ClF4N3O3/c1-8(16(19,20)21)7-22-15(17)23-9(2)14(26)24-13-11(18)5-4-6-12(13)27-10(3)25/h4-8H,2H2,1,3H3,(H,24,26)/b22-7-,23-15-. The van der Waals surface area contributed by atoms with Gasteiger partial charge in [-0.1, -0.05) is 12.6 Å². The quantitative estimate of drug-likeness (QED) is 0.152. The first-order valence-electron chi connectivity index (χ1n) is 7.24. The molecule has 1 unspecified atom stereocenters. The molecule has 0 radical (unpaired) electrons. The van der Waals surface area contributed by atoms with Gasteiger partial charge in [-0.3, -0.25) is 9.59 Å². The first-order valence-corrected chi connectivity index (χ1v) is 7.62. The number of para-hydroxylation sites is 1. The average Bonchev–Trinajstić information content (AvgIpc) is 2.54. The second-order valence-corrected chi connectivity index (χ2v) is 5.43. The van der Waals surface area contributed by atoms with E-state index in [1.165, 1.54) is 12.1 Å². The molecule has 0 saturated carbocycles. The summed E-state index contributed by atoms with van der Waals surface area (Å²) in [7, 11) is 0. The number of anilines is 1. The molecule has 0 fully saturated rings. The van der Waals surface area contributed by atoms with Crippen LogP contribution < -0.4 is 10.1 Å². The molecule has 6 nitrogen and oxygen atoms in total. The minimum absolute atomic E-state index is 0.254. The van der Waals surface area contributed by atoms with Crippen LogP contribution in [0.2, 0.25) is 0 Å². The first kappa shape index (κ1) is 22.3. The van der Waals surface area contributed by atoms with Crippen LogP contribution in [0.5, 0.6) is 5.75 Å². The largest absolute Gasteiger partial charge is 0.424 e. The lowest BCUT2D eigenvalue weighted by Gasteiger charge is -2.11. The summed E-state index contributed by atoms with van der Waals surface area (Å²) in [6.07, 6.45) is -4.00. The number of ether oxygens (including phenoxy) is 1. The maximum atomic E-state index is 13.9. The molecule has 0 bridgehead atoms. The van der Waals surface area contributed by atoms with Crippen molar-refractivity contribution in [3.8, 4) is 5.75 Å². The Morgan fingerprint density at radius 1 is 1.37 bits per heavy atom. The molecule has 1 N–H and O–H groups in total. The van der Waals surface area contributed by atoms with Gasteiger partial charge in [0.05, 0.1) is 5.92 Å². The maximum absolute atomic E-state index is 13.9. The van der Waals surface area contributed by atoms with Crippen LogP contribution in [-0.2, 0) is 9.59 Å². The van der Waals surface area contributed by atoms with Gasteiger partial charge in [0.15, 0.2) is 11.6 Å². The third-order valence-electron chi connectivity index (χ3n) is 2.88. The highest BCUT2D eigenvalue weighted by atomic mass is 35.5. The van der Waals surface area contributed by atoms with Crippen molar-refractivity contribution in [3.05, 3.63) is 36.3 Å². The van der Waals surface area contributed by atoms with Crippen LogP contribution in [0.4, 0.5) is 23.2 Å². The van der Waals surface area contributed by atoms with Gasteiger partial charge in [0.1, 0.15) is 11.4 Å². The number of alkyl halides is 3. The number of nitrogens with one attached hydrogen (secondary N) is 1. The normalized spacial score (nSPS) is 13.4. The van der Waals surface area contributed by atoms with Crippen LogP contribution in [0.3, 0.4) is 0 Å². The van der Waals surface area contributed by atoms with Crippen LogP contribution in [0.15, 0.2) is 40.5 Å². The molecule has 0 aliphatic carbocycles. The first-order chi connectivity index (χ1) is 12.4. The number of benzene rings is 1. The summed E-state index contributed by atoms with van der Waals surface area (Å²) in [6, 6.07) is 3.50. The monoisotopic (exact) mass is 407 g/mol. The second-order valence-electron chi connectivity index (χ2n) is 5.10. The molecular formula is C16H14ClF4N3O3. The van der Waals surface area contributed by atoms with Crippen molar-refractivity contribution in [2.24, 2.45) is 15.9 Å². The van der Waals surface area contributed by atoms with Gasteiger partial charge in [0.2, 0.25) is 5.29 Å². The third-order valence-corrected chi connectivity index (χ3v) is 3.06. The number of carbonyl (C=O) groups excluding carboxylic acids is 2. The Labute approximate surface area is 156 Å². The van der Waals surface area contributed by atoms with Crippen molar-refractivity contribution in [1.82, 2.24) is 0 Å². The fraction of sp³-hybridized carbons (Fsp3) is 0.250. The molecule has 0 heterocycles. The Balaban J connectivity index is 2.91. The van der Waals surface area contributed by atoms with E-state index in [1.54, 1.807) is 0 Å². The summed E-state index contributed by atoms with van der Waals surface area (Å²) in [5, 5.41) is 1.41. The van der Waals surface area contributed by atoms with Crippen molar-refractivity contribution in [1.29, 1.82) is 0 Å². The lowest BCUT2D eigenvalue weighted by molar-refractivity contribution is -0.149. The van der Waals surface area contributed by atoms with Crippen LogP contribution in [0, 0.1) is 11.7 Å². The third kappa shape index (κ3) is 7.18. The van der Waals surface area contributed by atoms with E-state index in [0.717, 1.165) is 19.9 Å². The molecule has 0 aromatic heterocycles. The molecule has 1 aromatic carbocycles. The van der Waals surface area contributed by atoms with Crippen LogP contribution in [-0.4, -0.2) is 29.6 Å². The molecular weight excluding hydrogens is 394 g/mol. The van der Waals surface area contributed by atoms with E-state index >= 15 is 0 Å². The number of hydrogen-bond donors (Lipinski definition) is 1. The zero-order valence-electron chi connectivity index (χ0n) is 14.1. The van der Waals surface area contributed by atoms with Crippen molar-refractivity contribution in [2.45, 2.75) is 20.0 Å². The van der Waals surface area contributed by atoms with E-state index in [1.807, 2.05) is 0 Å². The molecule has 1 atom stereocenters. The number of hydrogen-bond acceptors (Lipinski definition) is 4. The van der Waals surface area contributed by atoms with E-state index in [-0.39, 0.29) is 5.75 Å². The highest BCUT2D eigenvalue weighted by Gasteiger charge is 2.34. The fourth-order valence-corrected chi connectivity index (χ4v) is 1.66. The van der Waals surface area contributed by atoms with Gasteiger partial charge >= 0.3 is 12.1 Å². The average molecular weight is 408 g/mol. The molecule has 0 spiro atoms. The number of amides is 1. The van der Waals surface area contributed by atoms with E-state index < -0.39 is 46.5 Å². The molecule has 146 valence electrons. The van der Waals surface area contributed by atoms with E-state index in [0.29, 0.717) is 6.21 Å². The summed E-state index contributed by atoms with van der Waals surface area (Å²) in [4.78, 5) is 29.8. The predicted octanol–water partition coefficient (Wildman–Crippen LogP) is 4.07. The number of rotatable bonds is 5. The second kappa shape index (κ2) is 9.26. The SMILES string of the molecule is C=C(/N=C(Cl)\N=C/C(C)C(F)(F)F)C(=O)Nc1c(F)cccc1OC(C)=O. The Bertz CT molecular complexity index is 807. The Kier molecular flexibility index (Phi) is 7.65. The summed E-state index contributed by atoms with van der Waals surface area (Å²) in [5.41, 5.74) is -1.01. The molecule has 1 amide bonds. The Morgan fingerprint density at radius 3 is 2.56 bits per heavy atom. The molecule has 0 aliphatic rings. The van der Waals surface area contributed by atoms with Gasteiger partial charge in [-0.25, -0.2) is 14.4 Å². The van der Waals surface area contributed by atoms with Crippen molar-refractivity contribution >= 4 is 40.7 Å². The minimum atomic E-state index is -4.51. The Hall–Kier alpha value is -2.75. The molecule has 27 heavy (non-hydrogen) atoms. The highest BCUT2D eigenvalue weighted by molar-refractivity contribution is 6.65. The lowest BCUT2D eigenvalue weighted by atomic mass is 10.2. The summed E-state index contributed by atoms with van der Waals surface area (Å²) in [5.74, 6) is -4.82. The highest BCUT2D eigenvalue weighted by Crippen LogP contribution is 2.28. The lowest BCUT2D eigenvalue weighted by Crippen LogP contribution is -2.21. The molecule has 0 saturated heterocycles. The van der Waals surface area contributed by atoms with Gasteiger partial charge in [0, 0.05) is 13.1 Å². The number of aliphatic imine (C=N–C) groups is 2. The number of nitrogens with zero attached hydrogens (tertiary/aromatic N) is 2. The van der Waals surface area contributed by atoms with Crippen LogP contribution >= 0.6 is 11.6 Å². The zero-order chi connectivity index (χ0) is 20.8. The van der Waals surface area contributed by atoms with Gasteiger partial charge in [0.25, 0.3) is 5.91 Å². The molecule has 0 aliphatic heterocycles. The number of amidine groups is 1. The summed E-state index contributed by atoms with van der Waals surface area (Å²) < 4.78 is 55.8. The topological polar surface area (TPSA) is 80.1 Å². The van der Waals surface area contributed by atoms with Gasteiger partial charge in [-0.15, -0.1) is 0 Å². The number of carbonyl (C=O) groups is 2. The van der Waals surface area contributed by atoms with Crippen molar-refractivity contribution in [2.75, 3.05) is 5.32 Å². The van der Waals surface area contributed by atoms with Gasteiger partial charge < -0.3 is 10.1 Å². The zero-order valence-corrected chi connectivity index (χ0v) is 14.9. The van der Waals surface area contributed by atoms with Gasteiger partial charge in [-0.05, 0) is 30.7 Å². The smallest absolute Gasteiger partial charge is 0.396 e. The van der Waals surface area contributed by atoms with E-state index in [9.17, 15) is 27.2 Å². The Morgan fingerprint density at radius 2 is 2.00 bits per heavy atom. The summed E-state index contributed by atoms with van der Waals surface area (Å²) in [6.45, 7) is 5.21. The van der Waals surface area contributed by atoms with Crippen molar-refractivity contribution < 1.29 is 31.9 Å². The van der Waals surface area contributed by atoms with Crippen LogP contribution in [0.1, 0.15) is 13.8 Å². The minimum Gasteiger partial charge on any atom is -0.424 e. The number of esters is 1. The predicted molar refractivity (Wildman–Crippen MR) is 92.5 cm³/mol. The van der Waals surface area contributed by atoms with Crippen molar-refractivity contribution in [3.63, 3.8) is 0 Å².